The number of hydrogen-bond acceptors (Lipinski definition) is 10. The molecule has 2 fully saturated rings. The second-order valence-corrected chi connectivity index (χ2v) is 17.3. The number of fused-ring (bicyclic) bond motifs is 6. The number of esters is 1. The number of para-hydroxylation sites is 1. The molecule has 296 valence electrons. The maximum atomic E-state index is 12.9. The Morgan fingerprint density at radius 1 is 1.02 bits per heavy atom. The Labute approximate surface area is 328 Å². The predicted octanol–water partition coefficient (Wildman–Crippen LogP) is 5.58. The first-order valence-corrected chi connectivity index (χ1v) is 19.9. The van der Waals surface area contributed by atoms with Gasteiger partial charge < -0.3 is 19.7 Å². The van der Waals surface area contributed by atoms with Crippen molar-refractivity contribution in [3.63, 3.8) is 0 Å². The van der Waals surface area contributed by atoms with Crippen LogP contribution < -0.4 is 4.90 Å². The van der Waals surface area contributed by atoms with E-state index < -0.39 is 17.1 Å². The number of carbonyl (C=O) groups is 1. The SMILES string of the molecule is CCC1=C[C@@H]2CN(C1)Cc1c([nH]c3ccccc13)[C@@](C)(c1ccc3c(c1C)N(C)[C@H]1[C@](C)(O)[C@H](OC(C)=O)[C@]4(CC)C=CCN5CC[C@]31[C@@H]54)C2.O=C=O.O=C=O. The van der Waals surface area contributed by atoms with Crippen molar-refractivity contribution in [2.24, 2.45) is 11.3 Å². The number of carbonyl (C=O) groups excluding carboxylic acids is 5. The highest BCUT2D eigenvalue weighted by atomic mass is 16.6. The number of nitrogens with zero attached hydrogens (tertiary/aromatic N) is 3. The maximum Gasteiger partial charge on any atom is 0.373 e. The third-order valence-corrected chi connectivity index (χ3v) is 14.4. The van der Waals surface area contributed by atoms with Crippen LogP contribution in [0, 0.1) is 18.3 Å². The van der Waals surface area contributed by atoms with Crippen LogP contribution in [0.4, 0.5) is 5.69 Å². The monoisotopic (exact) mass is 762 g/mol. The molecule has 2 N–H and O–H groups in total. The summed E-state index contributed by atoms with van der Waals surface area (Å²) in [6.07, 6.45) is 10.9. The Morgan fingerprint density at radius 3 is 2.39 bits per heavy atom. The minimum Gasteiger partial charge on any atom is -0.458 e. The second-order valence-electron chi connectivity index (χ2n) is 17.3. The summed E-state index contributed by atoms with van der Waals surface area (Å²) < 4.78 is 6.25. The fourth-order valence-electron chi connectivity index (χ4n) is 13.0. The van der Waals surface area contributed by atoms with Crippen LogP contribution in [0.5, 0.6) is 0 Å². The molecule has 9 atom stereocenters. The van der Waals surface area contributed by atoms with Gasteiger partial charge in [-0.1, -0.05) is 68.0 Å². The quantitative estimate of drug-likeness (QED) is 0.256. The molecule has 5 aliphatic heterocycles. The molecular weight excluding hydrogens is 709 g/mol. The maximum absolute atomic E-state index is 12.9. The minimum absolute atomic E-state index is 0.122. The first kappa shape index (κ1) is 39.6. The van der Waals surface area contributed by atoms with Crippen molar-refractivity contribution in [1.29, 1.82) is 0 Å². The van der Waals surface area contributed by atoms with E-state index in [4.69, 9.17) is 23.9 Å². The number of anilines is 1. The van der Waals surface area contributed by atoms with E-state index in [1.54, 1.807) is 5.57 Å². The summed E-state index contributed by atoms with van der Waals surface area (Å²) in [5.41, 5.74) is 8.51. The zero-order valence-electron chi connectivity index (χ0n) is 33.6. The molecule has 1 spiro atoms. The molecule has 1 aromatic heterocycles. The average molecular weight is 763 g/mol. The fraction of sp³-hybridized carbons (Fsp3) is 0.533. The van der Waals surface area contributed by atoms with Gasteiger partial charge in [0.25, 0.3) is 0 Å². The van der Waals surface area contributed by atoms with Crippen molar-refractivity contribution in [2.45, 2.75) is 108 Å². The van der Waals surface area contributed by atoms with Crippen molar-refractivity contribution in [2.75, 3.05) is 38.1 Å². The number of hydrogen-bond donors (Lipinski definition) is 2. The molecule has 1 saturated heterocycles. The summed E-state index contributed by atoms with van der Waals surface area (Å²) in [5.74, 6) is 0.131. The zero-order valence-corrected chi connectivity index (χ0v) is 33.6. The molecule has 11 heteroatoms. The summed E-state index contributed by atoms with van der Waals surface area (Å²) in [7, 11) is 2.19. The van der Waals surface area contributed by atoms with Crippen LogP contribution in [-0.2, 0) is 46.1 Å². The van der Waals surface area contributed by atoms with Gasteiger partial charge in [0, 0.05) is 84.7 Å². The van der Waals surface area contributed by atoms with E-state index in [1.807, 2.05) is 6.92 Å². The van der Waals surface area contributed by atoms with Crippen molar-refractivity contribution in [3.8, 4) is 0 Å². The molecule has 2 aromatic carbocycles. The number of H-pyrrole nitrogens is 1. The summed E-state index contributed by atoms with van der Waals surface area (Å²) in [4.78, 5) is 56.9. The lowest BCUT2D eigenvalue weighted by molar-refractivity contribution is -0.213. The number of likely N-dealkylation sites (N-methyl/N-ethyl adjacent to an activating group) is 1. The number of aliphatic hydroxyl groups is 1. The zero-order chi connectivity index (χ0) is 40.4. The molecule has 3 aromatic rings. The van der Waals surface area contributed by atoms with Crippen molar-refractivity contribution < 1.29 is 33.8 Å². The van der Waals surface area contributed by atoms with Crippen LogP contribution in [0.15, 0.2) is 60.2 Å². The largest absolute Gasteiger partial charge is 0.458 e. The molecule has 6 heterocycles. The van der Waals surface area contributed by atoms with E-state index in [9.17, 15) is 9.90 Å². The van der Waals surface area contributed by atoms with Gasteiger partial charge >= 0.3 is 18.3 Å². The van der Waals surface area contributed by atoms with E-state index >= 15 is 0 Å². The van der Waals surface area contributed by atoms with Crippen molar-refractivity contribution in [1.82, 2.24) is 14.8 Å². The average Bonchev–Trinajstić information content (AvgIpc) is 3.81. The van der Waals surface area contributed by atoms with Gasteiger partial charge in [-0.2, -0.15) is 19.2 Å². The molecular formula is C45H54N4O7. The van der Waals surface area contributed by atoms with E-state index in [-0.39, 0.29) is 41.2 Å². The number of aromatic amines is 1. The molecule has 2 bridgehead atoms. The highest BCUT2D eigenvalue weighted by Gasteiger charge is 2.76. The topological polar surface area (TPSA) is 140 Å². The lowest BCUT2D eigenvalue weighted by Crippen LogP contribution is -2.78. The fourth-order valence-corrected chi connectivity index (χ4v) is 13.0. The van der Waals surface area contributed by atoms with Crippen LogP contribution in [0.1, 0.15) is 88.2 Å². The van der Waals surface area contributed by atoms with Gasteiger partial charge in [-0.3, -0.25) is 14.6 Å². The molecule has 56 heavy (non-hydrogen) atoms. The third kappa shape index (κ3) is 5.54. The smallest absolute Gasteiger partial charge is 0.373 e. The van der Waals surface area contributed by atoms with Gasteiger partial charge in [-0.05, 0) is 87.2 Å². The highest BCUT2D eigenvalue weighted by molar-refractivity contribution is 5.86. The van der Waals surface area contributed by atoms with Crippen LogP contribution in [-0.4, -0.2) is 95.2 Å². The van der Waals surface area contributed by atoms with E-state index in [2.05, 4.69) is 109 Å². The first-order chi connectivity index (χ1) is 26.7. The van der Waals surface area contributed by atoms with Gasteiger partial charge in [0.15, 0.2) is 0 Å². The number of aromatic nitrogens is 1. The third-order valence-electron chi connectivity index (χ3n) is 14.4. The number of rotatable bonds is 4. The standard InChI is InChI=1S/C43H54N4O3.2CO2/c1-8-28-21-29-22-40(5,36-31(25-46(23-28)24-29)30-13-10-11-14-34(30)44-36)32-15-16-33-35(26(32)3)45(7)37-41(6,49)39(50-27(4)48)42(9-2)17-12-19-47-20-18-43(33,37)38(42)47;2*2-1-3/h10-17,21,29,37-39,44,49H,8-9,18-20,22-25H2,1-7H3;;/t29-,37-,38-,39-,40+,41-,42+,43-;;/m0../s1. The molecule has 6 aliphatic rings. The van der Waals surface area contributed by atoms with E-state index in [1.165, 1.54) is 51.5 Å². The Bertz CT molecular complexity index is 2160. The molecule has 0 amide bonds. The van der Waals surface area contributed by atoms with E-state index in [0.717, 1.165) is 58.4 Å². The Morgan fingerprint density at radius 2 is 1.71 bits per heavy atom. The van der Waals surface area contributed by atoms with Crippen molar-refractivity contribution in [3.05, 3.63) is 88.1 Å². The molecule has 9 rings (SSSR count). The number of benzene rings is 2. The lowest BCUT2D eigenvalue weighted by atomic mass is 9.48. The minimum atomic E-state index is -1.28. The normalized spacial score (nSPS) is 34.7. The molecule has 1 aliphatic carbocycles. The Hall–Kier alpha value is -4.63. The molecule has 1 unspecified atom stereocenters. The summed E-state index contributed by atoms with van der Waals surface area (Å²) in [5, 5.41) is 14.3. The summed E-state index contributed by atoms with van der Waals surface area (Å²) in [6.45, 7) is 17.7. The molecule has 0 radical (unpaired) electrons. The number of ether oxygens (including phenoxy) is 1. The lowest BCUT2D eigenvalue weighted by Gasteiger charge is -2.64. The van der Waals surface area contributed by atoms with Crippen LogP contribution in [0.3, 0.4) is 0 Å². The highest BCUT2D eigenvalue weighted by Crippen LogP contribution is 2.68. The van der Waals surface area contributed by atoms with Gasteiger partial charge in [-0.25, -0.2) is 0 Å². The summed E-state index contributed by atoms with van der Waals surface area (Å²) >= 11 is 0. The Kier molecular flexibility index (Phi) is 10.2. The summed E-state index contributed by atoms with van der Waals surface area (Å²) in [6, 6.07) is 13.6. The predicted molar refractivity (Wildman–Crippen MR) is 210 cm³/mol. The van der Waals surface area contributed by atoms with Gasteiger partial charge in [0.2, 0.25) is 0 Å². The van der Waals surface area contributed by atoms with Crippen LogP contribution in [0.25, 0.3) is 10.9 Å². The van der Waals surface area contributed by atoms with Crippen molar-refractivity contribution >= 4 is 34.9 Å². The van der Waals surface area contributed by atoms with Gasteiger partial charge in [-0.15, -0.1) is 0 Å². The molecule has 11 nitrogen and oxygen atoms in total. The van der Waals surface area contributed by atoms with E-state index in [0.29, 0.717) is 5.92 Å². The molecule has 1 saturated carbocycles. The van der Waals surface area contributed by atoms with Crippen LogP contribution >= 0.6 is 0 Å². The first-order valence-electron chi connectivity index (χ1n) is 19.9. The Balaban J connectivity index is 0.000000755. The van der Waals surface area contributed by atoms with Gasteiger partial charge in [0.1, 0.15) is 11.7 Å². The second kappa shape index (κ2) is 14.4. The van der Waals surface area contributed by atoms with Crippen LogP contribution in [0.2, 0.25) is 0 Å². The van der Waals surface area contributed by atoms with Gasteiger partial charge in [0.05, 0.1) is 6.04 Å². The number of nitrogens with one attached hydrogen (secondary N) is 1.